The van der Waals surface area contributed by atoms with Crippen molar-refractivity contribution in [2.75, 3.05) is 49.6 Å². The number of nitrogens with one attached hydrogen (secondary N) is 1. The lowest BCUT2D eigenvalue weighted by atomic mass is 10.2. The number of ether oxygens (including phenoxy) is 1. The van der Waals surface area contributed by atoms with Gasteiger partial charge in [-0.05, 0) is 25.0 Å². The number of nitrogens with zero attached hydrogens (tertiary/aromatic N) is 2. The summed E-state index contributed by atoms with van der Waals surface area (Å²) < 4.78 is 5.37. The standard InChI is InChI=1S/C17H23N3O3/c21-16(13-17(22)20-7-3-4-8-20)18-14-5-1-2-6-15(14)19-9-11-23-12-10-19/h1-2,5-6H,3-4,7-13H2,(H,18,21). The van der Waals surface area contributed by atoms with Gasteiger partial charge in [0.15, 0.2) is 0 Å². The van der Waals surface area contributed by atoms with Gasteiger partial charge in [-0.1, -0.05) is 12.1 Å². The van der Waals surface area contributed by atoms with Gasteiger partial charge in [-0.15, -0.1) is 0 Å². The second kappa shape index (κ2) is 7.46. The van der Waals surface area contributed by atoms with Crippen molar-refractivity contribution >= 4 is 23.2 Å². The lowest BCUT2D eigenvalue weighted by Gasteiger charge is -2.30. The molecule has 0 bridgehead atoms. The number of morpholine rings is 1. The van der Waals surface area contributed by atoms with E-state index in [-0.39, 0.29) is 18.2 Å². The van der Waals surface area contributed by atoms with E-state index in [1.165, 1.54) is 0 Å². The van der Waals surface area contributed by atoms with E-state index < -0.39 is 0 Å². The maximum absolute atomic E-state index is 12.2. The van der Waals surface area contributed by atoms with Crippen molar-refractivity contribution in [2.45, 2.75) is 19.3 Å². The summed E-state index contributed by atoms with van der Waals surface area (Å²) in [6.45, 7) is 4.54. The van der Waals surface area contributed by atoms with Crippen LogP contribution in [-0.4, -0.2) is 56.1 Å². The highest BCUT2D eigenvalue weighted by atomic mass is 16.5. The minimum absolute atomic E-state index is 0.0798. The number of para-hydroxylation sites is 2. The summed E-state index contributed by atoms with van der Waals surface area (Å²) in [5.74, 6) is -0.327. The maximum atomic E-state index is 12.2. The van der Waals surface area contributed by atoms with Crippen molar-refractivity contribution in [3.8, 4) is 0 Å². The molecule has 2 heterocycles. The summed E-state index contributed by atoms with van der Waals surface area (Å²) in [6, 6.07) is 7.71. The van der Waals surface area contributed by atoms with Crippen LogP contribution >= 0.6 is 0 Å². The van der Waals surface area contributed by atoms with Gasteiger partial charge in [-0.2, -0.15) is 0 Å². The van der Waals surface area contributed by atoms with Gasteiger partial charge in [0.25, 0.3) is 0 Å². The van der Waals surface area contributed by atoms with Crippen molar-refractivity contribution in [1.82, 2.24) is 4.90 Å². The summed E-state index contributed by atoms with van der Waals surface area (Å²) >= 11 is 0. The second-order valence-electron chi connectivity index (χ2n) is 5.93. The third-order valence-electron chi connectivity index (χ3n) is 4.30. The Morgan fingerprint density at radius 3 is 2.48 bits per heavy atom. The number of likely N-dealkylation sites (tertiary alicyclic amines) is 1. The number of benzene rings is 1. The number of carbonyl (C=O) groups is 2. The average molecular weight is 317 g/mol. The van der Waals surface area contributed by atoms with Gasteiger partial charge < -0.3 is 19.9 Å². The highest BCUT2D eigenvalue weighted by molar-refractivity contribution is 6.05. The third kappa shape index (κ3) is 4.01. The quantitative estimate of drug-likeness (QED) is 0.855. The van der Waals surface area contributed by atoms with E-state index >= 15 is 0 Å². The molecule has 2 aliphatic rings. The highest BCUT2D eigenvalue weighted by Gasteiger charge is 2.21. The summed E-state index contributed by atoms with van der Waals surface area (Å²) in [5.41, 5.74) is 1.74. The van der Waals surface area contributed by atoms with Gasteiger partial charge in [0.2, 0.25) is 11.8 Å². The van der Waals surface area contributed by atoms with Crippen molar-refractivity contribution < 1.29 is 14.3 Å². The second-order valence-corrected chi connectivity index (χ2v) is 5.93. The van der Waals surface area contributed by atoms with Crippen LogP contribution in [0, 0.1) is 0 Å². The predicted molar refractivity (Wildman–Crippen MR) is 88.5 cm³/mol. The Bertz CT molecular complexity index is 564. The molecule has 1 aromatic carbocycles. The van der Waals surface area contributed by atoms with Gasteiger partial charge >= 0.3 is 0 Å². The first kappa shape index (κ1) is 15.8. The molecule has 0 spiro atoms. The summed E-state index contributed by atoms with van der Waals surface area (Å²) in [5, 5.41) is 2.89. The lowest BCUT2D eigenvalue weighted by Crippen LogP contribution is -2.37. The molecule has 23 heavy (non-hydrogen) atoms. The van der Waals surface area contributed by atoms with Crippen LogP contribution in [0.15, 0.2) is 24.3 Å². The minimum atomic E-state index is -0.248. The fraction of sp³-hybridized carbons (Fsp3) is 0.529. The van der Waals surface area contributed by atoms with Crippen LogP contribution in [0.2, 0.25) is 0 Å². The SMILES string of the molecule is O=C(CC(=O)N1CCCC1)Nc1ccccc1N1CCOCC1. The average Bonchev–Trinajstić information content (AvgIpc) is 3.11. The first-order valence-electron chi connectivity index (χ1n) is 8.23. The molecule has 1 aromatic rings. The largest absolute Gasteiger partial charge is 0.378 e. The number of hydrogen-bond donors (Lipinski definition) is 1. The molecule has 2 aliphatic heterocycles. The smallest absolute Gasteiger partial charge is 0.233 e. The molecule has 0 aliphatic carbocycles. The van der Waals surface area contributed by atoms with Crippen molar-refractivity contribution in [1.29, 1.82) is 0 Å². The van der Waals surface area contributed by atoms with Crippen molar-refractivity contribution in [3.63, 3.8) is 0 Å². The molecule has 6 heteroatoms. The summed E-state index contributed by atoms with van der Waals surface area (Å²) in [7, 11) is 0. The third-order valence-corrected chi connectivity index (χ3v) is 4.30. The molecular weight excluding hydrogens is 294 g/mol. The molecule has 0 atom stereocenters. The number of carbonyl (C=O) groups excluding carboxylic acids is 2. The van der Waals surface area contributed by atoms with E-state index in [4.69, 9.17) is 4.74 Å². The Hall–Kier alpha value is -2.08. The molecule has 0 radical (unpaired) electrons. The van der Waals surface area contributed by atoms with E-state index in [1.807, 2.05) is 24.3 Å². The molecule has 3 rings (SSSR count). The molecule has 0 aromatic heterocycles. The molecule has 2 fully saturated rings. The van der Waals surface area contributed by atoms with Crippen LogP contribution in [0.3, 0.4) is 0 Å². The van der Waals surface area contributed by atoms with E-state index in [0.717, 1.165) is 50.4 Å². The van der Waals surface area contributed by atoms with E-state index in [1.54, 1.807) is 4.90 Å². The zero-order valence-electron chi connectivity index (χ0n) is 13.3. The number of anilines is 2. The minimum Gasteiger partial charge on any atom is -0.378 e. The predicted octanol–water partition coefficient (Wildman–Crippen LogP) is 1.47. The molecule has 6 nitrogen and oxygen atoms in total. The van der Waals surface area contributed by atoms with E-state index in [2.05, 4.69) is 10.2 Å². The maximum Gasteiger partial charge on any atom is 0.233 e. The lowest BCUT2D eigenvalue weighted by molar-refractivity contribution is -0.133. The van der Waals surface area contributed by atoms with E-state index in [0.29, 0.717) is 13.2 Å². The number of hydrogen-bond acceptors (Lipinski definition) is 4. The Morgan fingerprint density at radius 1 is 1.04 bits per heavy atom. The molecule has 0 saturated carbocycles. The van der Waals surface area contributed by atoms with Crippen LogP contribution < -0.4 is 10.2 Å². The first-order chi connectivity index (χ1) is 11.2. The van der Waals surface area contributed by atoms with Gasteiger partial charge in [0.1, 0.15) is 6.42 Å². The fourth-order valence-corrected chi connectivity index (χ4v) is 3.07. The zero-order chi connectivity index (χ0) is 16.1. The van der Waals surface area contributed by atoms with Gasteiger partial charge in [0, 0.05) is 26.2 Å². The topological polar surface area (TPSA) is 61.9 Å². The Labute approximate surface area is 136 Å². The van der Waals surface area contributed by atoms with Crippen LogP contribution in [0.4, 0.5) is 11.4 Å². The first-order valence-corrected chi connectivity index (χ1v) is 8.23. The molecule has 1 N–H and O–H groups in total. The molecular formula is C17H23N3O3. The molecule has 2 amide bonds. The zero-order valence-corrected chi connectivity index (χ0v) is 13.3. The molecule has 0 unspecified atom stereocenters. The van der Waals surface area contributed by atoms with Crippen LogP contribution in [0.5, 0.6) is 0 Å². The monoisotopic (exact) mass is 317 g/mol. The molecule has 2 saturated heterocycles. The number of amides is 2. The highest BCUT2D eigenvalue weighted by Crippen LogP contribution is 2.26. The van der Waals surface area contributed by atoms with Gasteiger partial charge in [0.05, 0.1) is 24.6 Å². The van der Waals surface area contributed by atoms with Crippen molar-refractivity contribution in [2.24, 2.45) is 0 Å². The number of rotatable bonds is 4. The van der Waals surface area contributed by atoms with Crippen molar-refractivity contribution in [3.05, 3.63) is 24.3 Å². The Kier molecular flexibility index (Phi) is 5.12. The van der Waals surface area contributed by atoms with E-state index in [9.17, 15) is 9.59 Å². The Morgan fingerprint density at radius 2 is 1.74 bits per heavy atom. The summed E-state index contributed by atoms with van der Waals surface area (Å²) in [6.07, 6.45) is 1.98. The Balaban J connectivity index is 1.62. The molecule has 124 valence electrons. The van der Waals surface area contributed by atoms with Gasteiger partial charge in [-0.25, -0.2) is 0 Å². The normalized spacial score (nSPS) is 18.1. The van der Waals surface area contributed by atoms with Crippen LogP contribution in [0.25, 0.3) is 0 Å². The summed E-state index contributed by atoms with van der Waals surface area (Å²) in [4.78, 5) is 28.3. The van der Waals surface area contributed by atoms with Gasteiger partial charge in [-0.3, -0.25) is 9.59 Å². The fourth-order valence-electron chi connectivity index (χ4n) is 3.07. The van der Waals surface area contributed by atoms with Crippen LogP contribution in [0.1, 0.15) is 19.3 Å². The van der Waals surface area contributed by atoms with Crippen LogP contribution in [-0.2, 0) is 14.3 Å².